The third-order valence-electron chi connectivity index (χ3n) is 3.52. The molecule has 1 saturated heterocycles. The van der Waals surface area contributed by atoms with Crippen LogP contribution in [0.1, 0.15) is 34.1 Å². The fourth-order valence-electron chi connectivity index (χ4n) is 2.16. The summed E-state index contributed by atoms with van der Waals surface area (Å²) in [5.74, 6) is -1.76. The zero-order chi connectivity index (χ0) is 12.5. The van der Waals surface area contributed by atoms with E-state index in [2.05, 4.69) is 0 Å². The van der Waals surface area contributed by atoms with Gasteiger partial charge in [0.15, 0.2) is 5.78 Å². The molecule has 1 unspecified atom stereocenters. The Hall–Kier alpha value is -0.900. The van der Waals surface area contributed by atoms with Crippen molar-refractivity contribution in [3.05, 3.63) is 0 Å². The third kappa shape index (κ3) is 2.26. The average molecular weight is 228 g/mol. The summed E-state index contributed by atoms with van der Waals surface area (Å²) in [6.07, 6.45) is -0.446. The van der Waals surface area contributed by atoms with Crippen LogP contribution in [0.5, 0.6) is 0 Å². The van der Waals surface area contributed by atoms with Gasteiger partial charge < -0.3 is 9.84 Å². The molecule has 1 rings (SSSR count). The number of aliphatic hydroxyl groups is 1. The first-order valence-electron chi connectivity index (χ1n) is 5.82. The Balaban J connectivity index is 2.81. The van der Waals surface area contributed by atoms with Crippen LogP contribution in [0.2, 0.25) is 0 Å². The van der Waals surface area contributed by atoms with Gasteiger partial charge in [-0.2, -0.15) is 0 Å². The summed E-state index contributed by atoms with van der Waals surface area (Å²) in [6, 6.07) is 0. The zero-order valence-corrected chi connectivity index (χ0v) is 10.3. The van der Waals surface area contributed by atoms with Gasteiger partial charge in [-0.3, -0.25) is 9.59 Å². The molecule has 1 fully saturated rings. The van der Waals surface area contributed by atoms with Crippen molar-refractivity contribution in [1.29, 1.82) is 0 Å². The lowest BCUT2D eigenvalue weighted by Crippen LogP contribution is -2.48. The molecule has 4 heteroatoms. The lowest BCUT2D eigenvalue weighted by Gasteiger charge is -2.36. The Morgan fingerprint density at radius 3 is 2.44 bits per heavy atom. The molecular weight excluding hydrogens is 208 g/mol. The number of ketones is 1. The Kier molecular flexibility index (Phi) is 4.08. The van der Waals surface area contributed by atoms with E-state index >= 15 is 0 Å². The first-order chi connectivity index (χ1) is 7.40. The maximum Gasteiger partial charge on any atom is 0.316 e. The summed E-state index contributed by atoms with van der Waals surface area (Å²) in [6.45, 7) is 7.00. The van der Waals surface area contributed by atoms with E-state index in [1.54, 1.807) is 13.8 Å². The molecule has 0 aliphatic carbocycles. The lowest BCUT2D eigenvalue weighted by atomic mass is 9.80. The molecule has 0 radical (unpaired) electrons. The van der Waals surface area contributed by atoms with Gasteiger partial charge in [-0.25, -0.2) is 0 Å². The SMILES string of the molecule is CC[C@@H](O)[C@H](C)[C@H]1OC(=O)C(C)C(=O)[C@@H]1C. The molecule has 16 heavy (non-hydrogen) atoms. The van der Waals surface area contributed by atoms with Crippen molar-refractivity contribution in [3.8, 4) is 0 Å². The van der Waals surface area contributed by atoms with Gasteiger partial charge in [-0.15, -0.1) is 0 Å². The number of ether oxygens (including phenoxy) is 1. The summed E-state index contributed by atoms with van der Waals surface area (Å²) < 4.78 is 5.25. The van der Waals surface area contributed by atoms with Crippen molar-refractivity contribution in [3.63, 3.8) is 0 Å². The molecule has 1 heterocycles. The summed E-state index contributed by atoms with van der Waals surface area (Å²) in [4.78, 5) is 23.2. The molecule has 1 aliphatic rings. The van der Waals surface area contributed by atoms with E-state index in [-0.39, 0.29) is 17.6 Å². The summed E-state index contributed by atoms with van der Waals surface area (Å²) in [5.41, 5.74) is 0. The van der Waals surface area contributed by atoms with E-state index in [9.17, 15) is 14.7 Å². The number of cyclic esters (lactones) is 1. The highest BCUT2D eigenvalue weighted by atomic mass is 16.5. The number of esters is 1. The van der Waals surface area contributed by atoms with Crippen LogP contribution < -0.4 is 0 Å². The van der Waals surface area contributed by atoms with Gasteiger partial charge in [0.2, 0.25) is 0 Å². The molecule has 0 bridgehead atoms. The maximum atomic E-state index is 11.8. The quantitative estimate of drug-likeness (QED) is 0.581. The summed E-state index contributed by atoms with van der Waals surface area (Å²) in [5, 5.41) is 9.73. The zero-order valence-electron chi connectivity index (χ0n) is 10.3. The second-order valence-electron chi connectivity index (χ2n) is 4.65. The van der Waals surface area contributed by atoms with Crippen LogP contribution in [0, 0.1) is 17.8 Å². The number of rotatable bonds is 3. The van der Waals surface area contributed by atoms with Crippen LogP contribution in [0.25, 0.3) is 0 Å². The minimum absolute atomic E-state index is 0.0867. The summed E-state index contributed by atoms with van der Waals surface area (Å²) in [7, 11) is 0. The fourth-order valence-corrected chi connectivity index (χ4v) is 2.16. The lowest BCUT2D eigenvalue weighted by molar-refractivity contribution is -0.175. The summed E-state index contributed by atoms with van der Waals surface area (Å²) >= 11 is 0. The van der Waals surface area contributed by atoms with Crippen molar-refractivity contribution < 1.29 is 19.4 Å². The van der Waals surface area contributed by atoms with Crippen molar-refractivity contribution in [1.82, 2.24) is 0 Å². The second kappa shape index (κ2) is 4.95. The molecule has 0 aromatic rings. The van der Waals surface area contributed by atoms with Crippen LogP contribution >= 0.6 is 0 Å². The molecule has 5 atom stereocenters. The van der Waals surface area contributed by atoms with Crippen LogP contribution in [0.15, 0.2) is 0 Å². The highest BCUT2D eigenvalue weighted by Crippen LogP contribution is 2.29. The fraction of sp³-hybridized carbons (Fsp3) is 0.833. The number of hydrogen-bond acceptors (Lipinski definition) is 4. The molecule has 1 N–H and O–H groups in total. The van der Waals surface area contributed by atoms with Gasteiger partial charge in [0.05, 0.1) is 12.0 Å². The van der Waals surface area contributed by atoms with Crippen molar-refractivity contribution >= 4 is 11.8 Å². The first-order valence-corrected chi connectivity index (χ1v) is 5.82. The minimum Gasteiger partial charge on any atom is -0.461 e. The standard InChI is InChI=1S/C12H20O4/c1-5-9(13)6(2)11-7(3)10(14)8(4)12(15)16-11/h6-9,11,13H,5H2,1-4H3/t6-,7-,8?,9+,11+/m0/s1. The van der Waals surface area contributed by atoms with E-state index < -0.39 is 24.1 Å². The molecule has 0 spiro atoms. The highest BCUT2D eigenvalue weighted by molar-refractivity contribution is 6.01. The number of Topliss-reactive ketones (excluding diaryl/α,β-unsaturated/α-hetero) is 1. The van der Waals surface area contributed by atoms with Crippen molar-refractivity contribution in [2.75, 3.05) is 0 Å². The molecule has 0 amide bonds. The van der Waals surface area contributed by atoms with E-state index in [1.807, 2.05) is 13.8 Å². The molecule has 0 aromatic heterocycles. The maximum absolute atomic E-state index is 11.8. The van der Waals surface area contributed by atoms with E-state index in [0.29, 0.717) is 6.42 Å². The predicted molar refractivity (Wildman–Crippen MR) is 58.7 cm³/mol. The van der Waals surface area contributed by atoms with Gasteiger partial charge in [0.1, 0.15) is 12.0 Å². The minimum atomic E-state index is -0.669. The predicted octanol–water partition coefficient (Wildman–Crippen LogP) is 1.16. The monoisotopic (exact) mass is 228 g/mol. The van der Waals surface area contributed by atoms with Gasteiger partial charge in [-0.1, -0.05) is 20.8 Å². The molecule has 4 nitrogen and oxygen atoms in total. The van der Waals surface area contributed by atoms with E-state index in [1.165, 1.54) is 0 Å². The van der Waals surface area contributed by atoms with Crippen LogP contribution in [0.3, 0.4) is 0 Å². The first kappa shape index (κ1) is 13.2. The topological polar surface area (TPSA) is 63.6 Å². The second-order valence-corrected chi connectivity index (χ2v) is 4.65. The van der Waals surface area contributed by atoms with Crippen LogP contribution in [-0.2, 0) is 14.3 Å². The average Bonchev–Trinajstić information content (AvgIpc) is 2.29. The molecule has 1 aliphatic heterocycles. The Labute approximate surface area is 96.0 Å². The third-order valence-corrected chi connectivity index (χ3v) is 3.52. The van der Waals surface area contributed by atoms with Crippen LogP contribution in [-0.4, -0.2) is 29.1 Å². The number of carbonyl (C=O) groups excluding carboxylic acids is 2. The Bertz CT molecular complexity index is 287. The Morgan fingerprint density at radius 1 is 1.38 bits per heavy atom. The van der Waals surface area contributed by atoms with Gasteiger partial charge in [0.25, 0.3) is 0 Å². The van der Waals surface area contributed by atoms with E-state index in [0.717, 1.165) is 0 Å². The largest absolute Gasteiger partial charge is 0.461 e. The van der Waals surface area contributed by atoms with Crippen molar-refractivity contribution in [2.24, 2.45) is 17.8 Å². The normalized spacial score (nSPS) is 34.4. The smallest absolute Gasteiger partial charge is 0.316 e. The van der Waals surface area contributed by atoms with Crippen molar-refractivity contribution in [2.45, 2.75) is 46.3 Å². The molecular formula is C12H20O4. The molecule has 0 saturated carbocycles. The highest BCUT2D eigenvalue weighted by Gasteiger charge is 2.43. The van der Waals surface area contributed by atoms with Gasteiger partial charge in [-0.05, 0) is 13.3 Å². The van der Waals surface area contributed by atoms with Crippen LogP contribution in [0.4, 0.5) is 0 Å². The molecule has 92 valence electrons. The number of aliphatic hydroxyl groups excluding tert-OH is 1. The molecule has 0 aromatic carbocycles. The number of carbonyl (C=O) groups is 2. The Morgan fingerprint density at radius 2 is 1.94 bits per heavy atom. The van der Waals surface area contributed by atoms with E-state index in [4.69, 9.17) is 4.74 Å². The number of hydrogen-bond donors (Lipinski definition) is 1. The van der Waals surface area contributed by atoms with Gasteiger partial charge in [0, 0.05) is 5.92 Å². The van der Waals surface area contributed by atoms with Gasteiger partial charge >= 0.3 is 5.97 Å².